The van der Waals surface area contributed by atoms with Gasteiger partial charge in [0.25, 0.3) is 0 Å². The SMILES string of the molecule is NC1=NC2CN=C(N)N3C[C@H](OC(=O)c4cc(C(F)(F)F)ccc4C(F)(F)F)[C@@H](O)C23N1. The highest BCUT2D eigenvalue weighted by Crippen LogP contribution is 2.40. The molecule has 3 aliphatic rings. The highest BCUT2D eigenvalue weighted by Gasteiger charge is 2.64. The van der Waals surface area contributed by atoms with E-state index in [1.807, 2.05) is 0 Å². The Kier molecular flexibility index (Phi) is 4.73. The largest absolute Gasteiger partial charge is 0.454 e. The van der Waals surface area contributed by atoms with Gasteiger partial charge in [-0.05, 0) is 18.2 Å². The number of aliphatic hydroxyl groups is 1. The van der Waals surface area contributed by atoms with Crippen LogP contribution in [0.1, 0.15) is 21.5 Å². The van der Waals surface area contributed by atoms with E-state index in [1.54, 1.807) is 0 Å². The number of hydrogen-bond acceptors (Lipinski definition) is 9. The quantitative estimate of drug-likeness (QED) is 0.362. The highest BCUT2D eigenvalue weighted by molar-refractivity contribution is 5.92. The van der Waals surface area contributed by atoms with Gasteiger partial charge in [-0.15, -0.1) is 0 Å². The Hall–Kier alpha value is -3.23. The maximum atomic E-state index is 13.3. The van der Waals surface area contributed by atoms with Crippen LogP contribution in [-0.2, 0) is 17.1 Å². The molecule has 1 spiro atoms. The molecule has 0 bridgehead atoms. The number of aliphatic imine (C=N–C) groups is 2. The van der Waals surface area contributed by atoms with Crippen LogP contribution in [0.25, 0.3) is 0 Å². The van der Waals surface area contributed by atoms with Gasteiger partial charge in [-0.1, -0.05) is 0 Å². The van der Waals surface area contributed by atoms with Crippen molar-refractivity contribution in [2.75, 3.05) is 13.1 Å². The number of nitrogens with zero attached hydrogens (tertiary/aromatic N) is 3. The van der Waals surface area contributed by atoms with Gasteiger partial charge >= 0.3 is 18.3 Å². The van der Waals surface area contributed by atoms with Crippen LogP contribution in [0.15, 0.2) is 28.2 Å². The second-order valence-electron chi connectivity index (χ2n) is 7.43. The number of nitrogens with one attached hydrogen (secondary N) is 1. The van der Waals surface area contributed by atoms with E-state index >= 15 is 0 Å². The number of ether oxygens (including phenoxy) is 1. The first-order chi connectivity index (χ1) is 14.7. The molecular formula is C17H16F6N6O3. The van der Waals surface area contributed by atoms with Crippen molar-refractivity contribution in [2.24, 2.45) is 21.5 Å². The number of rotatable bonds is 2. The van der Waals surface area contributed by atoms with E-state index in [2.05, 4.69) is 15.3 Å². The molecule has 0 amide bonds. The smallest absolute Gasteiger partial charge is 0.417 e. The van der Waals surface area contributed by atoms with Gasteiger partial charge in [0.15, 0.2) is 17.6 Å². The Bertz CT molecular complexity index is 1030. The van der Waals surface area contributed by atoms with E-state index in [9.17, 15) is 36.2 Å². The number of carbonyl (C=O) groups is 1. The van der Waals surface area contributed by atoms with Gasteiger partial charge in [0.2, 0.25) is 0 Å². The van der Waals surface area contributed by atoms with E-state index in [0.29, 0.717) is 0 Å². The summed E-state index contributed by atoms with van der Waals surface area (Å²) >= 11 is 0. The van der Waals surface area contributed by atoms with Gasteiger partial charge in [0.1, 0.15) is 18.2 Å². The number of benzene rings is 1. The predicted octanol–water partition coefficient (Wildman–Crippen LogP) is 0.237. The van der Waals surface area contributed by atoms with Gasteiger partial charge in [0, 0.05) is 0 Å². The first-order valence-corrected chi connectivity index (χ1v) is 9.11. The topological polar surface area (TPSA) is 139 Å². The van der Waals surface area contributed by atoms with Gasteiger partial charge in [-0.25, -0.2) is 9.79 Å². The van der Waals surface area contributed by atoms with Crippen molar-refractivity contribution >= 4 is 17.9 Å². The maximum Gasteiger partial charge on any atom is 0.417 e. The van der Waals surface area contributed by atoms with Crippen LogP contribution in [0.4, 0.5) is 26.3 Å². The number of carbonyl (C=O) groups excluding carboxylic acids is 1. The number of halogens is 6. The highest BCUT2D eigenvalue weighted by atomic mass is 19.4. The molecule has 9 nitrogen and oxygen atoms in total. The monoisotopic (exact) mass is 466 g/mol. The first-order valence-electron chi connectivity index (χ1n) is 9.11. The summed E-state index contributed by atoms with van der Waals surface area (Å²) in [5.41, 5.74) is 5.67. The number of nitrogens with two attached hydrogens (primary N) is 2. The average molecular weight is 466 g/mol. The molecule has 15 heteroatoms. The molecule has 1 aromatic rings. The van der Waals surface area contributed by atoms with Crippen molar-refractivity contribution in [3.05, 3.63) is 34.9 Å². The van der Waals surface area contributed by atoms with Crippen LogP contribution in [-0.4, -0.2) is 64.9 Å². The van der Waals surface area contributed by atoms with Crippen LogP contribution in [0, 0.1) is 0 Å². The number of hydrogen-bond donors (Lipinski definition) is 4. The molecule has 3 heterocycles. The summed E-state index contributed by atoms with van der Waals surface area (Å²) in [6.45, 7) is -0.283. The number of aliphatic hydroxyl groups excluding tert-OH is 1. The number of guanidine groups is 2. The molecule has 32 heavy (non-hydrogen) atoms. The molecule has 0 aliphatic carbocycles. The lowest BCUT2D eigenvalue weighted by Crippen LogP contribution is -2.70. The lowest BCUT2D eigenvalue weighted by Gasteiger charge is -2.43. The van der Waals surface area contributed by atoms with E-state index < -0.39 is 58.9 Å². The van der Waals surface area contributed by atoms with Crippen molar-refractivity contribution in [1.29, 1.82) is 0 Å². The van der Waals surface area contributed by atoms with Crippen molar-refractivity contribution in [1.82, 2.24) is 10.2 Å². The minimum absolute atomic E-state index is 0.0274. The Morgan fingerprint density at radius 2 is 1.91 bits per heavy atom. The summed E-state index contributed by atoms with van der Waals surface area (Å²) in [5.74, 6) is -1.82. The molecule has 1 aromatic carbocycles. The van der Waals surface area contributed by atoms with Gasteiger partial charge < -0.3 is 31.5 Å². The number of alkyl halides is 6. The molecule has 4 rings (SSSR count). The second kappa shape index (κ2) is 6.88. The van der Waals surface area contributed by atoms with Crippen LogP contribution in [0.5, 0.6) is 0 Å². The lowest BCUT2D eigenvalue weighted by atomic mass is 9.93. The molecule has 174 valence electrons. The van der Waals surface area contributed by atoms with Crippen LogP contribution < -0.4 is 16.8 Å². The van der Waals surface area contributed by atoms with Crippen LogP contribution in [0.2, 0.25) is 0 Å². The third-order valence-electron chi connectivity index (χ3n) is 5.58. The molecule has 4 atom stereocenters. The van der Waals surface area contributed by atoms with Crippen LogP contribution in [0.3, 0.4) is 0 Å². The Balaban J connectivity index is 1.66. The molecule has 0 saturated carbocycles. The minimum Gasteiger partial charge on any atom is -0.454 e. The summed E-state index contributed by atoms with van der Waals surface area (Å²) in [4.78, 5) is 22.0. The van der Waals surface area contributed by atoms with Gasteiger partial charge in [-0.3, -0.25) is 4.99 Å². The summed E-state index contributed by atoms with van der Waals surface area (Å²) in [5, 5.41) is 13.6. The Morgan fingerprint density at radius 3 is 2.53 bits per heavy atom. The van der Waals surface area contributed by atoms with Crippen molar-refractivity contribution in [3.8, 4) is 0 Å². The molecule has 0 aromatic heterocycles. The summed E-state index contributed by atoms with van der Waals surface area (Å²) in [6, 6.07) is -0.313. The minimum atomic E-state index is -5.12. The Labute approximate surface area is 175 Å². The lowest BCUT2D eigenvalue weighted by molar-refractivity contribution is -0.141. The van der Waals surface area contributed by atoms with E-state index in [0.717, 1.165) is 0 Å². The van der Waals surface area contributed by atoms with Gasteiger partial charge in [-0.2, -0.15) is 26.3 Å². The predicted molar refractivity (Wildman–Crippen MR) is 96.1 cm³/mol. The molecule has 1 fully saturated rings. The van der Waals surface area contributed by atoms with Crippen LogP contribution >= 0.6 is 0 Å². The third-order valence-corrected chi connectivity index (χ3v) is 5.58. The second-order valence-corrected chi connectivity index (χ2v) is 7.43. The van der Waals surface area contributed by atoms with Crippen molar-refractivity contribution < 1.29 is 41.0 Å². The van der Waals surface area contributed by atoms with Crippen molar-refractivity contribution in [3.63, 3.8) is 0 Å². The molecule has 3 aliphatic heterocycles. The molecule has 6 N–H and O–H groups in total. The fraction of sp³-hybridized carbons (Fsp3) is 0.471. The molecule has 2 unspecified atom stereocenters. The first kappa shape index (κ1) is 22.0. The standard InChI is InChI=1S/C17H16F6N6O3/c18-16(19,20)6-1-2-8(17(21,22)23)7(3-6)12(31)32-9-5-29-14(25)26-4-10-15(29,11(9)30)28-13(24)27-10/h1-3,9-11,30H,4-5H2,(H2,25,26)(H3,24,27,28)/t9-,10?,11+,15?/m0/s1. The third kappa shape index (κ3) is 3.27. The summed E-state index contributed by atoms with van der Waals surface area (Å²) in [6.07, 6.45) is -13.2. The fourth-order valence-corrected chi connectivity index (χ4v) is 4.15. The van der Waals surface area contributed by atoms with Crippen molar-refractivity contribution in [2.45, 2.75) is 36.3 Å². The Morgan fingerprint density at radius 1 is 1.22 bits per heavy atom. The zero-order valence-corrected chi connectivity index (χ0v) is 15.9. The van der Waals surface area contributed by atoms with E-state index in [-0.39, 0.29) is 43.2 Å². The number of esters is 1. The molecule has 0 radical (unpaired) electrons. The van der Waals surface area contributed by atoms with E-state index in [1.165, 1.54) is 4.90 Å². The summed E-state index contributed by atoms with van der Waals surface area (Å²) < 4.78 is 84.1. The summed E-state index contributed by atoms with van der Waals surface area (Å²) in [7, 11) is 0. The zero-order valence-electron chi connectivity index (χ0n) is 15.9. The average Bonchev–Trinajstić information content (AvgIpc) is 3.17. The maximum absolute atomic E-state index is 13.3. The fourth-order valence-electron chi connectivity index (χ4n) is 4.15. The molecular weight excluding hydrogens is 450 g/mol. The normalized spacial score (nSPS) is 29.6. The zero-order chi connectivity index (χ0) is 23.6. The van der Waals surface area contributed by atoms with E-state index in [4.69, 9.17) is 16.2 Å². The molecule has 1 saturated heterocycles. The van der Waals surface area contributed by atoms with Gasteiger partial charge in [0.05, 0.1) is 29.8 Å².